The van der Waals surface area contributed by atoms with Gasteiger partial charge in [0.25, 0.3) is 0 Å². The average molecular weight is 231 g/mol. The number of aromatic nitrogens is 2. The molecule has 0 fully saturated rings. The highest BCUT2D eigenvalue weighted by Gasteiger charge is 2.02. The molecule has 0 N–H and O–H groups in total. The van der Waals surface area contributed by atoms with Gasteiger partial charge in [0.05, 0.1) is 11.6 Å². The van der Waals surface area contributed by atoms with Gasteiger partial charge in [0.1, 0.15) is 5.65 Å². The molecule has 2 rings (SSSR count). The fourth-order valence-electron chi connectivity index (χ4n) is 1.40. The number of rotatable bonds is 2. The van der Waals surface area contributed by atoms with Gasteiger partial charge in [0, 0.05) is 11.9 Å². The molecular weight excluding hydrogens is 219 g/mol. The van der Waals surface area contributed by atoms with Crippen molar-refractivity contribution in [3.05, 3.63) is 35.8 Å². The van der Waals surface area contributed by atoms with Gasteiger partial charge in [-0.3, -0.25) is 0 Å². The van der Waals surface area contributed by atoms with Crippen molar-refractivity contribution in [1.82, 2.24) is 9.38 Å². The lowest BCUT2D eigenvalue weighted by atomic mass is 10.3. The van der Waals surface area contributed by atoms with E-state index in [1.165, 1.54) is 0 Å². The van der Waals surface area contributed by atoms with Gasteiger partial charge in [-0.25, -0.2) is 4.98 Å². The standard InChI is InChI=1S/C10H11ClN2.ClH/c1-2-8-7-13-9(6-11)4-3-5-10(13)12-8;/h3-5,7H,2,6H2,1H3;1H. The molecule has 0 spiro atoms. The van der Waals surface area contributed by atoms with Crippen LogP contribution in [0.5, 0.6) is 0 Å². The molecule has 4 heteroatoms. The van der Waals surface area contributed by atoms with Gasteiger partial charge in [0.15, 0.2) is 0 Å². The van der Waals surface area contributed by atoms with Crippen LogP contribution in [-0.4, -0.2) is 9.38 Å². The molecule has 0 aliphatic heterocycles. The fourth-order valence-corrected chi connectivity index (χ4v) is 1.62. The number of imidazole rings is 1. The third kappa shape index (κ3) is 1.86. The Morgan fingerprint density at radius 1 is 1.43 bits per heavy atom. The van der Waals surface area contributed by atoms with Crippen molar-refractivity contribution in [3.63, 3.8) is 0 Å². The predicted molar refractivity (Wildman–Crippen MR) is 61.4 cm³/mol. The number of fused-ring (bicyclic) bond motifs is 1. The number of aryl methyl sites for hydroxylation is 1. The Morgan fingerprint density at radius 2 is 2.21 bits per heavy atom. The van der Waals surface area contributed by atoms with Gasteiger partial charge in [-0.1, -0.05) is 13.0 Å². The average Bonchev–Trinajstić information content (AvgIpc) is 2.59. The number of hydrogen-bond acceptors (Lipinski definition) is 1. The summed E-state index contributed by atoms with van der Waals surface area (Å²) in [5.41, 5.74) is 3.18. The zero-order chi connectivity index (χ0) is 9.26. The largest absolute Gasteiger partial charge is 0.303 e. The van der Waals surface area contributed by atoms with E-state index in [0.717, 1.165) is 23.5 Å². The summed E-state index contributed by atoms with van der Waals surface area (Å²) in [6, 6.07) is 6.00. The Labute approximate surface area is 94.3 Å². The summed E-state index contributed by atoms with van der Waals surface area (Å²) in [4.78, 5) is 4.44. The summed E-state index contributed by atoms with van der Waals surface area (Å²) in [5.74, 6) is 0.525. The molecule has 0 bridgehead atoms. The fraction of sp³-hybridized carbons (Fsp3) is 0.300. The summed E-state index contributed by atoms with van der Waals surface area (Å²) in [6.45, 7) is 2.10. The summed E-state index contributed by atoms with van der Waals surface area (Å²) >= 11 is 5.81. The van der Waals surface area contributed by atoms with Gasteiger partial charge < -0.3 is 4.40 Å². The van der Waals surface area contributed by atoms with Gasteiger partial charge in [-0.2, -0.15) is 0 Å². The van der Waals surface area contributed by atoms with Crippen LogP contribution < -0.4 is 0 Å². The predicted octanol–water partition coefficient (Wildman–Crippen LogP) is 3.06. The van der Waals surface area contributed by atoms with E-state index in [2.05, 4.69) is 11.9 Å². The van der Waals surface area contributed by atoms with Gasteiger partial charge in [-0.15, -0.1) is 24.0 Å². The quantitative estimate of drug-likeness (QED) is 0.726. The van der Waals surface area contributed by atoms with Crippen LogP contribution in [0.2, 0.25) is 0 Å². The lowest BCUT2D eigenvalue weighted by molar-refractivity contribution is 1.05. The third-order valence-corrected chi connectivity index (χ3v) is 2.40. The lowest BCUT2D eigenvalue weighted by Crippen LogP contribution is -1.90. The van der Waals surface area contributed by atoms with E-state index in [9.17, 15) is 0 Å². The first-order valence-corrected chi connectivity index (χ1v) is 4.90. The van der Waals surface area contributed by atoms with E-state index in [0.29, 0.717) is 5.88 Å². The first kappa shape index (κ1) is 11.3. The molecule has 2 nitrogen and oxygen atoms in total. The molecule has 0 saturated carbocycles. The van der Waals surface area contributed by atoms with Crippen LogP contribution in [0, 0.1) is 0 Å². The normalized spacial score (nSPS) is 10.1. The zero-order valence-electron chi connectivity index (χ0n) is 7.90. The first-order chi connectivity index (χ1) is 6.35. The Balaban J connectivity index is 0.000000980. The zero-order valence-corrected chi connectivity index (χ0v) is 9.48. The van der Waals surface area contributed by atoms with Crippen LogP contribution in [0.3, 0.4) is 0 Å². The maximum absolute atomic E-state index is 5.81. The molecule has 0 unspecified atom stereocenters. The summed E-state index contributed by atoms with van der Waals surface area (Å²) in [5, 5.41) is 0. The highest BCUT2D eigenvalue weighted by molar-refractivity contribution is 6.16. The molecule has 0 saturated heterocycles. The summed E-state index contributed by atoms with van der Waals surface area (Å²) in [6.07, 6.45) is 3.01. The van der Waals surface area contributed by atoms with E-state index in [1.54, 1.807) is 0 Å². The van der Waals surface area contributed by atoms with Crippen molar-refractivity contribution in [2.75, 3.05) is 0 Å². The second kappa shape index (κ2) is 4.67. The van der Waals surface area contributed by atoms with Gasteiger partial charge in [-0.05, 0) is 18.6 Å². The highest BCUT2D eigenvalue weighted by atomic mass is 35.5. The number of nitrogens with zero attached hydrogens (tertiary/aromatic N) is 2. The molecule has 0 aliphatic carbocycles. The first-order valence-electron chi connectivity index (χ1n) is 4.37. The van der Waals surface area contributed by atoms with Crippen LogP contribution in [0.4, 0.5) is 0 Å². The molecule has 2 aromatic heterocycles. The Kier molecular flexibility index (Phi) is 3.78. The summed E-state index contributed by atoms with van der Waals surface area (Å²) < 4.78 is 2.05. The minimum Gasteiger partial charge on any atom is -0.303 e. The van der Waals surface area contributed by atoms with Gasteiger partial charge >= 0.3 is 0 Å². The molecule has 14 heavy (non-hydrogen) atoms. The number of alkyl halides is 1. The second-order valence-electron chi connectivity index (χ2n) is 2.96. The Morgan fingerprint density at radius 3 is 2.86 bits per heavy atom. The number of hydrogen-bond donors (Lipinski definition) is 0. The number of pyridine rings is 1. The molecule has 76 valence electrons. The molecule has 0 aromatic carbocycles. The minimum absolute atomic E-state index is 0. The molecule has 2 aromatic rings. The third-order valence-electron chi connectivity index (χ3n) is 2.13. The monoisotopic (exact) mass is 230 g/mol. The van der Waals surface area contributed by atoms with E-state index in [4.69, 9.17) is 11.6 Å². The van der Waals surface area contributed by atoms with E-state index in [-0.39, 0.29) is 12.4 Å². The summed E-state index contributed by atoms with van der Waals surface area (Å²) in [7, 11) is 0. The topological polar surface area (TPSA) is 17.3 Å². The van der Waals surface area contributed by atoms with Crippen LogP contribution in [0.1, 0.15) is 18.3 Å². The van der Waals surface area contributed by atoms with Crippen molar-refractivity contribution in [2.24, 2.45) is 0 Å². The van der Waals surface area contributed by atoms with Crippen molar-refractivity contribution in [3.8, 4) is 0 Å². The van der Waals surface area contributed by atoms with Crippen molar-refractivity contribution in [2.45, 2.75) is 19.2 Å². The van der Waals surface area contributed by atoms with Crippen molar-refractivity contribution >= 4 is 29.7 Å². The Bertz CT molecular complexity index is 423. The van der Waals surface area contributed by atoms with Crippen LogP contribution in [0.25, 0.3) is 5.65 Å². The SMILES string of the molecule is CCc1cn2c(CCl)cccc2n1.Cl. The molecule has 2 heterocycles. The minimum atomic E-state index is 0. The second-order valence-corrected chi connectivity index (χ2v) is 3.23. The van der Waals surface area contributed by atoms with Crippen LogP contribution >= 0.6 is 24.0 Å². The molecule has 0 amide bonds. The lowest BCUT2D eigenvalue weighted by Gasteiger charge is -1.98. The maximum Gasteiger partial charge on any atom is 0.137 e. The van der Waals surface area contributed by atoms with E-state index >= 15 is 0 Å². The maximum atomic E-state index is 5.81. The van der Waals surface area contributed by atoms with Crippen molar-refractivity contribution in [1.29, 1.82) is 0 Å². The molecule has 0 aliphatic rings. The van der Waals surface area contributed by atoms with Gasteiger partial charge in [0.2, 0.25) is 0 Å². The van der Waals surface area contributed by atoms with Crippen LogP contribution in [-0.2, 0) is 12.3 Å². The number of halogens is 2. The van der Waals surface area contributed by atoms with E-state index < -0.39 is 0 Å². The van der Waals surface area contributed by atoms with Crippen LogP contribution in [0.15, 0.2) is 24.4 Å². The Hall–Kier alpha value is -0.730. The van der Waals surface area contributed by atoms with Crippen molar-refractivity contribution < 1.29 is 0 Å². The molecule has 0 atom stereocenters. The highest BCUT2D eigenvalue weighted by Crippen LogP contribution is 2.11. The van der Waals surface area contributed by atoms with E-state index in [1.807, 2.05) is 28.8 Å². The molecular formula is C10H12Cl2N2. The smallest absolute Gasteiger partial charge is 0.137 e. The molecule has 0 radical (unpaired) electrons.